The molecule has 0 aliphatic heterocycles. The second-order valence-corrected chi connectivity index (χ2v) is 6.90. The van der Waals surface area contributed by atoms with Gasteiger partial charge in [0.1, 0.15) is 0 Å². The smallest absolute Gasteiger partial charge is 0.254 e. The fraction of sp³-hybridized carbons (Fsp3) is 0.765. The molecular formula is C17H29N3O2. The third-order valence-electron chi connectivity index (χ3n) is 4.43. The van der Waals surface area contributed by atoms with Crippen LogP contribution in [-0.2, 0) is 13.0 Å². The van der Waals surface area contributed by atoms with Crippen molar-refractivity contribution in [1.29, 1.82) is 0 Å². The summed E-state index contributed by atoms with van der Waals surface area (Å²) in [5.74, 6) is 0.370. The first kappa shape index (κ1) is 17.0. The predicted octanol–water partition coefficient (Wildman–Crippen LogP) is 2.53. The van der Waals surface area contributed by atoms with Crippen LogP contribution in [0.15, 0.2) is 6.20 Å². The summed E-state index contributed by atoms with van der Waals surface area (Å²) in [7, 11) is 0. The molecule has 1 aromatic rings. The van der Waals surface area contributed by atoms with E-state index in [4.69, 9.17) is 0 Å². The molecule has 1 heterocycles. The van der Waals surface area contributed by atoms with E-state index in [-0.39, 0.29) is 5.91 Å². The minimum atomic E-state index is -0.728. The Hall–Kier alpha value is -1.36. The summed E-state index contributed by atoms with van der Waals surface area (Å²) in [6, 6.07) is 0. The predicted molar refractivity (Wildman–Crippen MR) is 86.8 cm³/mol. The molecule has 0 atom stereocenters. The lowest BCUT2D eigenvalue weighted by Crippen LogP contribution is -2.44. The average molecular weight is 307 g/mol. The molecule has 0 saturated heterocycles. The molecule has 2 N–H and O–H groups in total. The van der Waals surface area contributed by atoms with Crippen molar-refractivity contribution in [3.63, 3.8) is 0 Å². The minimum Gasteiger partial charge on any atom is -0.388 e. The first-order valence-electron chi connectivity index (χ1n) is 8.50. The van der Waals surface area contributed by atoms with Crippen molar-refractivity contribution < 1.29 is 9.90 Å². The van der Waals surface area contributed by atoms with E-state index in [0.717, 1.165) is 44.3 Å². The standard InChI is InChI=1S/C17H29N3O2/c1-4-15-14(10-19-20(15)11-13(2)3)16(21)18-12-17(22)8-6-5-7-9-17/h10,13,22H,4-9,11-12H2,1-3H3,(H,18,21). The summed E-state index contributed by atoms with van der Waals surface area (Å²) in [4.78, 5) is 12.4. The van der Waals surface area contributed by atoms with Gasteiger partial charge in [0.2, 0.25) is 0 Å². The third kappa shape index (κ3) is 4.09. The fourth-order valence-electron chi connectivity index (χ4n) is 3.20. The van der Waals surface area contributed by atoms with E-state index >= 15 is 0 Å². The van der Waals surface area contributed by atoms with Gasteiger partial charge in [-0.3, -0.25) is 9.48 Å². The van der Waals surface area contributed by atoms with Crippen LogP contribution in [0.4, 0.5) is 0 Å². The highest BCUT2D eigenvalue weighted by molar-refractivity contribution is 5.95. The quantitative estimate of drug-likeness (QED) is 0.848. The number of hydrogen-bond acceptors (Lipinski definition) is 3. The number of nitrogens with zero attached hydrogens (tertiary/aromatic N) is 2. The highest BCUT2D eigenvalue weighted by Crippen LogP contribution is 2.27. The van der Waals surface area contributed by atoms with Crippen LogP contribution in [0.1, 0.15) is 68.9 Å². The Bertz CT molecular complexity index is 502. The van der Waals surface area contributed by atoms with Crippen molar-refractivity contribution in [2.24, 2.45) is 5.92 Å². The van der Waals surface area contributed by atoms with Gasteiger partial charge in [-0.1, -0.05) is 40.0 Å². The summed E-state index contributed by atoms with van der Waals surface area (Å²) in [6.45, 7) is 7.48. The number of aromatic nitrogens is 2. The molecule has 0 aromatic carbocycles. The SMILES string of the molecule is CCc1c(C(=O)NCC2(O)CCCCC2)cnn1CC(C)C. The Morgan fingerprint density at radius 3 is 2.68 bits per heavy atom. The molecular weight excluding hydrogens is 278 g/mol. The monoisotopic (exact) mass is 307 g/mol. The Kier molecular flexibility index (Phi) is 5.62. The van der Waals surface area contributed by atoms with Crippen LogP contribution in [-0.4, -0.2) is 32.9 Å². The fourth-order valence-corrected chi connectivity index (χ4v) is 3.20. The lowest BCUT2D eigenvalue weighted by molar-refractivity contribution is 0.00524. The van der Waals surface area contributed by atoms with Gasteiger partial charge in [0, 0.05) is 13.1 Å². The molecule has 1 aliphatic rings. The van der Waals surface area contributed by atoms with Crippen molar-refractivity contribution in [2.75, 3.05) is 6.54 Å². The second-order valence-electron chi connectivity index (χ2n) is 6.90. The zero-order valence-corrected chi connectivity index (χ0v) is 14.1. The maximum atomic E-state index is 12.4. The van der Waals surface area contributed by atoms with Crippen LogP contribution in [0.3, 0.4) is 0 Å². The number of hydrogen-bond donors (Lipinski definition) is 2. The van der Waals surface area contributed by atoms with Crippen LogP contribution in [0.5, 0.6) is 0 Å². The Labute approximate surface area is 133 Å². The lowest BCUT2D eigenvalue weighted by Gasteiger charge is -2.32. The second kappa shape index (κ2) is 7.27. The molecule has 2 rings (SSSR count). The summed E-state index contributed by atoms with van der Waals surface area (Å²) < 4.78 is 1.93. The van der Waals surface area contributed by atoms with E-state index in [1.165, 1.54) is 6.42 Å². The average Bonchev–Trinajstić information content (AvgIpc) is 2.87. The maximum absolute atomic E-state index is 12.4. The lowest BCUT2D eigenvalue weighted by atomic mass is 9.85. The number of carbonyl (C=O) groups is 1. The summed E-state index contributed by atoms with van der Waals surface area (Å²) >= 11 is 0. The molecule has 1 aromatic heterocycles. The molecule has 22 heavy (non-hydrogen) atoms. The number of carbonyl (C=O) groups excluding carboxylic acids is 1. The maximum Gasteiger partial charge on any atom is 0.254 e. The van der Waals surface area contributed by atoms with Gasteiger partial charge in [-0.25, -0.2) is 0 Å². The van der Waals surface area contributed by atoms with Gasteiger partial charge in [-0.15, -0.1) is 0 Å². The van der Waals surface area contributed by atoms with Gasteiger partial charge in [-0.2, -0.15) is 5.10 Å². The molecule has 124 valence electrons. The third-order valence-corrected chi connectivity index (χ3v) is 4.43. The van der Waals surface area contributed by atoms with E-state index in [2.05, 4.69) is 24.3 Å². The van der Waals surface area contributed by atoms with Crippen LogP contribution < -0.4 is 5.32 Å². The highest BCUT2D eigenvalue weighted by atomic mass is 16.3. The van der Waals surface area contributed by atoms with E-state index in [9.17, 15) is 9.90 Å². The summed E-state index contributed by atoms with van der Waals surface area (Å²) in [5.41, 5.74) is 0.887. The van der Waals surface area contributed by atoms with Crippen molar-refractivity contribution >= 4 is 5.91 Å². The van der Waals surface area contributed by atoms with Crippen molar-refractivity contribution in [3.8, 4) is 0 Å². The molecule has 0 bridgehead atoms. The van der Waals surface area contributed by atoms with E-state index in [1.54, 1.807) is 6.20 Å². The topological polar surface area (TPSA) is 67.2 Å². The highest BCUT2D eigenvalue weighted by Gasteiger charge is 2.30. The van der Waals surface area contributed by atoms with Crippen molar-refractivity contribution in [2.45, 2.75) is 71.4 Å². The van der Waals surface area contributed by atoms with Gasteiger partial charge in [0.15, 0.2) is 0 Å². The van der Waals surface area contributed by atoms with E-state index < -0.39 is 5.60 Å². The van der Waals surface area contributed by atoms with Crippen molar-refractivity contribution in [3.05, 3.63) is 17.5 Å². The van der Waals surface area contributed by atoms with E-state index in [0.29, 0.717) is 18.0 Å². The molecule has 5 heteroatoms. The zero-order valence-electron chi connectivity index (χ0n) is 14.1. The molecule has 5 nitrogen and oxygen atoms in total. The molecule has 0 radical (unpaired) electrons. The normalized spacial score (nSPS) is 17.7. The van der Waals surface area contributed by atoms with Gasteiger partial charge in [0.25, 0.3) is 5.91 Å². The van der Waals surface area contributed by atoms with Crippen LogP contribution in [0, 0.1) is 5.92 Å². The molecule has 1 saturated carbocycles. The largest absolute Gasteiger partial charge is 0.388 e. The van der Waals surface area contributed by atoms with Gasteiger partial charge >= 0.3 is 0 Å². The van der Waals surface area contributed by atoms with Crippen LogP contribution >= 0.6 is 0 Å². The number of amides is 1. The minimum absolute atomic E-state index is 0.120. The van der Waals surface area contributed by atoms with Gasteiger partial charge < -0.3 is 10.4 Å². The number of rotatable bonds is 6. The molecule has 1 aliphatic carbocycles. The first-order chi connectivity index (χ1) is 10.4. The van der Waals surface area contributed by atoms with Gasteiger partial charge in [0.05, 0.1) is 23.1 Å². The summed E-state index contributed by atoms with van der Waals surface area (Å²) in [6.07, 6.45) is 7.25. The number of aliphatic hydroxyl groups is 1. The van der Waals surface area contributed by atoms with Crippen LogP contribution in [0.25, 0.3) is 0 Å². The molecule has 1 fully saturated rings. The zero-order chi connectivity index (χ0) is 16.2. The van der Waals surface area contributed by atoms with Crippen molar-refractivity contribution in [1.82, 2.24) is 15.1 Å². The molecule has 1 amide bonds. The summed E-state index contributed by atoms with van der Waals surface area (Å²) in [5, 5.41) is 17.7. The Morgan fingerprint density at radius 1 is 1.41 bits per heavy atom. The molecule has 0 unspecified atom stereocenters. The van der Waals surface area contributed by atoms with E-state index in [1.807, 2.05) is 11.6 Å². The number of nitrogens with one attached hydrogen (secondary N) is 1. The van der Waals surface area contributed by atoms with Crippen LogP contribution in [0.2, 0.25) is 0 Å². The first-order valence-corrected chi connectivity index (χ1v) is 8.50. The Morgan fingerprint density at radius 2 is 2.09 bits per heavy atom. The molecule has 0 spiro atoms. The van der Waals surface area contributed by atoms with Gasteiger partial charge in [-0.05, 0) is 25.2 Å². The Balaban J connectivity index is 2.01.